The summed E-state index contributed by atoms with van der Waals surface area (Å²) in [5.74, 6) is -0.434. The first kappa shape index (κ1) is 17.4. The van der Waals surface area contributed by atoms with Gasteiger partial charge in [0.1, 0.15) is 0 Å². The predicted octanol–water partition coefficient (Wildman–Crippen LogP) is 4.19. The molecule has 0 aromatic heterocycles. The Hall–Kier alpha value is -3.40. The highest BCUT2D eigenvalue weighted by molar-refractivity contribution is 6.08. The smallest absolute Gasteiger partial charge is 0.255 e. The van der Waals surface area contributed by atoms with Crippen LogP contribution in [-0.4, -0.2) is 30.8 Å². The van der Waals surface area contributed by atoms with E-state index in [1.807, 2.05) is 42.5 Å². The fourth-order valence-electron chi connectivity index (χ4n) is 2.76. The second-order valence-electron chi connectivity index (χ2n) is 6.14. The van der Waals surface area contributed by atoms with Gasteiger partial charge in [0.05, 0.1) is 11.3 Å². The Morgan fingerprint density at radius 2 is 1.58 bits per heavy atom. The summed E-state index contributed by atoms with van der Waals surface area (Å²) < 4.78 is 0. The van der Waals surface area contributed by atoms with Gasteiger partial charge in [-0.05, 0) is 34.5 Å². The third kappa shape index (κ3) is 3.81. The molecule has 0 bridgehead atoms. The molecular formula is C22H20N2O2. The molecule has 3 aromatic rings. The van der Waals surface area contributed by atoms with Gasteiger partial charge in [0.15, 0.2) is 0 Å². The van der Waals surface area contributed by atoms with Crippen molar-refractivity contribution in [2.24, 2.45) is 0 Å². The van der Waals surface area contributed by atoms with Gasteiger partial charge >= 0.3 is 0 Å². The molecule has 0 radical (unpaired) electrons. The summed E-state index contributed by atoms with van der Waals surface area (Å²) >= 11 is 0. The maximum absolute atomic E-state index is 12.3. The predicted molar refractivity (Wildman–Crippen MR) is 106 cm³/mol. The van der Waals surface area contributed by atoms with Gasteiger partial charge in [-0.1, -0.05) is 54.6 Å². The summed E-state index contributed by atoms with van der Waals surface area (Å²) in [4.78, 5) is 26.1. The lowest BCUT2D eigenvalue weighted by Crippen LogP contribution is -2.23. The number of rotatable bonds is 4. The monoisotopic (exact) mass is 344 g/mol. The number of amides is 2. The molecule has 4 nitrogen and oxygen atoms in total. The normalized spacial score (nSPS) is 10.8. The number of hydrogen-bond acceptors (Lipinski definition) is 2. The van der Waals surface area contributed by atoms with Crippen molar-refractivity contribution in [1.82, 2.24) is 4.90 Å². The van der Waals surface area contributed by atoms with Gasteiger partial charge in [-0.25, -0.2) is 0 Å². The average molecular weight is 344 g/mol. The Balaban J connectivity index is 1.81. The topological polar surface area (TPSA) is 49.4 Å². The zero-order chi connectivity index (χ0) is 18.5. The summed E-state index contributed by atoms with van der Waals surface area (Å²) in [5.41, 5.74) is 1.93. The number of para-hydroxylation sites is 1. The average Bonchev–Trinajstić information content (AvgIpc) is 2.66. The van der Waals surface area contributed by atoms with Crippen LogP contribution in [0.5, 0.6) is 0 Å². The molecule has 0 aliphatic carbocycles. The van der Waals surface area contributed by atoms with Crippen molar-refractivity contribution in [2.75, 3.05) is 19.4 Å². The van der Waals surface area contributed by atoms with E-state index in [1.54, 1.807) is 44.4 Å². The minimum atomic E-state index is -0.281. The number of anilines is 1. The Bertz CT molecular complexity index is 985. The summed E-state index contributed by atoms with van der Waals surface area (Å²) in [5, 5.41) is 5.00. The first-order valence-electron chi connectivity index (χ1n) is 8.34. The highest BCUT2D eigenvalue weighted by atomic mass is 16.2. The maximum atomic E-state index is 12.3. The summed E-state index contributed by atoms with van der Waals surface area (Å²) in [7, 11) is 3.36. The minimum absolute atomic E-state index is 0.154. The molecule has 0 aliphatic rings. The largest absolute Gasteiger partial charge is 0.345 e. The SMILES string of the molecule is CN(C)C(=O)c1ccccc1NC(=O)/C=C/c1cccc2ccccc12. The molecule has 0 aliphatic heterocycles. The first-order chi connectivity index (χ1) is 12.6. The number of fused-ring (bicyclic) bond motifs is 1. The molecule has 0 heterocycles. The van der Waals surface area contributed by atoms with Gasteiger partial charge in [-0.3, -0.25) is 9.59 Å². The molecule has 0 spiro atoms. The van der Waals surface area contributed by atoms with Crippen LogP contribution in [0.1, 0.15) is 15.9 Å². The second kappa shape index (κ2) is 7.66. The molecule has 0 saturated carbocycles. The zero-order valence-corrected chi connectivity index (χ0v) is 14.8. The third-order valence-electron chi connectivity index (χ3n) is 4.06. The van der Waals surface area contributed by atoms with Gasteiger partial charge < -0.3 is 10.2 Å². The van der Waals surface area contributed by atoms with E-state index in [1.165, 1.54) is 11.0 Å². The number of carbonyl (C=O) groups is 2. The van der Waals surface area contributed by atoms with Crippen LogP contribution in [0.4, 0.5) is 5.69 Å². The molecule has 3 aromatic carbocycles. The van der Waals surface area contributed by atoms with Crippen molar-refractivity contribution in [3.05, 3.63) is 83.9 Å². The number of benzene rings is 3. The van der Waals surface area contributed by atoms with Crippen LogP contribution >= 0.6 is 0 Å². The molecule has 130 valence electrons. The van der Waals surface area contributed by atoms with E-state index in [4.69, 9.17) is 0 Å². The van der Waals surface area contributed by atoms with Gasteiger partial charge in [-0.15, -0.1) is 0 Å². The second-order valence-corrected chi connectivity index (χ2v) is 6.14. The Kier molecular flexibility index (Phi) is 5.13. The molecule has 0 saturated heterocycles. The van der Waals surface area contributed by atoms with E-state index in [0.717, 1.165) is 16.3 Å². The van der Waals surface area contributed by atoms with E-state index >= 15 is 0 Å². The van der Waals surface area contributed by atoms with Crippen molar-refractivity contribution in [2.45, 2.75) is 0 Å². The third-order valence-corrected chi connectivity index (χ3v) is 4.06. The lowest BCUT2D eigenvalue weighted by molar-refractivity contribution is -0.111. The number of nitrogens with one attached hydrogen (secondary N) is 1. The van der Waals surface area contributed by atoms with Crippen molar-refractivity contribution < 1.29 is 9.59 Å². The van der Waals surface area contributed by atoms with E-state index in [0.29, 0.717) is 11.3 Å². The van der Waals surface area contributed by atoms with Crippen LogP contribution in [-0.2, 0) is 4.79 Å². The van der Waals surface area contributed by atoms with Gasteiger partial charge in [-0.2, -0.15) is 0 Å². The number of hydrogen-bond donors (Lipinski definition) is 1. The minimum Gasteiger partial charge on any atom is -0.345 e. The van der Waals surface area contributed by atoms with Crippen LogP contribution in [0, 0.1) is 0 Å². The quantitative estimate of drug-likeness (QED) is 0.721. The van der Waals surface area contributed by atoms with Crippen LogP contribution in [0.3, 0.4) is 0 Å². The zero-order valence-electron chi connectivity index (χ0n) is 14.8. The molecule has 0 atom stereocenters. The standard InChI is InChI=1S/C22H20N2O2/c1-24(2)22(26)19-12-5-6-13-20(19)23-21(25)15-14-17-10-7-9-16-8-3-4-11-18(16)17/h3-15H,1-2H3,(H,23,25)/b15-14+. The molecule has 3 rings (SSSR count). The summed E-state index contributed by atoms with van der Waals surface area (Å²) in [6.45, 7) is 0. The van der Waals surface area contributed by atoms with Crippen molar-refractivity contribution in [1.29, 1.82) is 0 Å². The highest BCUT2D eigenvalue weighted by Crippen LogP contribution is 2.20. The van der Waals surface area contributed by atoms with Crippen LogP contribution in [0.15, 0.2) is 72.8 Å². The number of nitrogens with zero attached hydrogens (tertiary/aromatic N) is 1. The van der Waals surface area contributed by atoms with Gasteiger partial charge in [0.2, 0.25) is 5.91 Å². The van der Waals surface area contributed by atoms with Gasteiger partial charge in [0.25, 0.3) is 5.91 Å². The Morgan fingerprint density at radius 1 is 0.885 bits per heavy atom. The fraction of sp³-hybridized carbons (Fsp3) is 0.0909. The molecule has 0 fully saturated rings. The van der Waals surface area contributed by atoms with E-state index in [2.05, 4.69) is 5.32 Å². The molecule has 0 unspecified atom stereocenters. The molecule has 2 amide bonds. The van der Waals surface area contributed by atoms with Crippen LogP contribution < -0.4 is 5.32 Å². The summed E-state index contributed by atoms with van der Waals surface area (Å²) in [6.07, 6.45) is 3.27. The molecule has 4 heteroatoms. The number of carbonyl (C=O) groups excluding carboxylic acids is 2. The van der Waals surface area contributed by atoms with Crippen LogP contribution in [0.2, 0.25) is 0 Å². The first-order valence-corrected chi connectivity index (χ1v) is 8.34. The molecule has 1 N–H and O–H groups in total. The van der Waals surface area contributed by atoms with Crippen molar-refractivity contribution >= 4 is 34.4 Å². The summed E-state index contributed by atoms with van der Waals surface area (Å²) in [6, 6.07) is 21.0. The van der Waals surface area contributed by atoms with Gasteiger partial charge in [0, 0.05) is 20.2 Å². The van der Waals surface area contributed by atoms with E-state index in [9.17, 15) is 9.59 Å². The maximum Gasteiger partial charge on any atom is 0.255 e. The highest BCUT2D eigenvalue weighted by Gasteiger charge is 2.13. The van der Waals surface area contributed by atoms with Crippen LogP contribution in [0.25, 0.3) is 16.8 Å². The molecule has 26 heavy (non-hydrogen) atoms. The lowest BCUT2D eigenvalue weighted by Gasteiger charge is -2.14. The Morgan fingerprint density at radius 3 is 2.38 bits per heavy atom. The molecular weight excluding hydrogens is 324 g/mol. The van der Waals surface area contributed by atoms with E-state index in [-0.39, 0.29) is 11.8 Å². The van der Waals surface area contributed by atoms with Crippen molar-refractivity contribution in [3.63, 3.8) is 0 Å². The van der Waals surface area contributed by atoms with E-state index < -0.39 is 0 Å². The van der Waals surface area contributed by atoms with Crippen molar-refractivity contribution in [3.8, 4) is 0 Å². The lowest BCUT2D eigenvalue weighted by atomic mass is 10.0. The fourth-order valence-corrected chi connectivity index (χ4v) is 2.76. The Labute approximate surface area is 152 Å².